The second-order valence-electron chi connectivity index (χ2n) is 4.35. The fraction of sp³-hybridized carbons (Fsp3) is 0.0667. The summed E-state index contributed by atoms with van der Waals surface area (Å²) in [6, 6.07) is 16.3. The van der Waals surface area contributed by atoms with E-state index in [0.29, 0.717) is 0 Å². The topological polar surface area (TPSA) is 58.2 Å². The molecule has 0 spiro atoms. The Morgan fingerprint density at radius 3 is 2.21 bits per heavy atom. The van der Waals surface area contributed by atoms with Crippen molar-refractivity contribution in [3.63, 3.8) is 0 Å². The number of amides is 3. The molecule has 0 aromatic heterocycles. The standard InChI is InChI=1S/C15H12N2O2/c18-14-13(16-15(19)17-14)12-9-5-4-8-11(12)10-6-2-1-3-7-10/h1-9,13H,(H2,16,17,18,19). The maximum absolute atomic E-state index is 11.8. The number of imide groups is 1. The number of nitrogens with one attached hydrogen (secondary N) is 2. The van der Waals surface area contributed by atoms with Gasteiger partial charge in [0.1, 0.15) is 6.04 Å². The highest BCUT2D eigenvalue weighted by Gasteiger charge is 2.32. The molecule has 2 aromatic rings. The monoisotopic (exact) mass is 252 g/mol. The molecule has 1 atom stereocenters. The van der Waals surface area contributed by atoms with Gasteiger partial charge >= 0.3 is 6.03 Å². The highest BCUT2D eigenvalue weighted by atomic mass is 16.2. The molecule has 2 N–H and O–H groups in total. The minimum absolute atomic E-state index is 0.312. The maximum atomic E-state index is 11.8. The lowest BCUT2D eigenvalue weighted by molar-refractivity contribution is -0.120. The molecule has 3 amide bonds. The molecule has 0 radical (unpaired) electrons. The van der Waals surface area contributed by atoms with Gasteiger partial charge in [-0.1, -0.05) is 54.6 Å². The Morgan fingerprint density at radius 2 is 1.53 bits per heavy atom. The summed E-state index contributed by atoms with van der Waals surface area (Å²) in [5, 5.41) is 4.89. The molecule has 4 nitrogen and oxygen atoms in total. The van der Waals surface area contributed by atoms with Gasteiger partial charge in [0.2, 0.25) is 0 Å². The lowest BCUT2D eigenvalue weighted by Gasteiger charge is -2.13. The molecule has 0 bridgehead atoms. The van der Waals surface area contributed by atoms with Crippen LogP contribution in [0.4, 0.5) is 4.79 Å². The van der Waals surface area contributed by atoms with Crippen molar-refractivity contribution in [3.05, 3.63) is 60.2 Å². The molecule has 2 aromatic carbocycles. The first-order valence-electron chi connectivity index (χ1n) is 6.01. The molecule has 1 heterocycles. The van der Waals surface area contributed by atoms with Gasteiger partial charge in [-0.2, -0.15) is 0 Å². The summed E-state index contributed by atoms with van der Waals surface area (Å²) in [6.45, 7) is 0. The maximum Gasteiger partial charge on any atom is 0.322 e. The quantitative estimate of drug-likeness (QED) is 0.805. The van der Waals surface area contributed by atoms with E-state index in [1.807, 2.05) is 54.6 Å². The van der Waals surface area contributed by atoms with E-state index in [1.54, 1.807) is 0 Å². The van der Waals surface area contributed by atoms with Crippen molar-refractivity contribution < 1.29 is 9.59 Å². The minimum atomic E-state index is -0.621. The predicted molar refractivity (Wildman–Crippen MR) is 71.3 cm³/mol. The van der Waals surface area contributed by atoms with E-state index in [9.17, 15) is 9.59 Å². The second-order valence-corrected chi connectivity index (χ2v) is 4.35. The van der Waals surface area contributed by atoms with Crippen LogP contribution in [0.5, 0.6) is 0 Å². The first-order valence-corrected chi connectivity index (χ1v) is 6.01. The van der Waals surface area contributed by atoms with Crippen LogP contribution >= 0.6 is 0 Å². The molecule has 0 saturated carbocycles. The normalized spacial score (nSPS) is 18.0. The Labute approximate surface area is 110 Å². The van der Waals surface area contributed by atoms with Crippen LogP contribution in [-0.2, 0) is 4.79 Å². The molecule has 19 heavy (non-hydrogen) atoms. The molecule has 4 heteroatoms. The molecule has 1 aliphatic heterocycles. The SMILES string of the molecule is O=C1NC(=O)C(c2ccccc2-c2ccccc2)N1. The third kappa shape index (κ3) is 2.08. The van der Waals surface area contributed by atoms with Crippen molar-refractivity contribution in [2.45, 2.75) is 6.04 Å². The number of urea groups is 1. The van der Waals surface area contributed by atoms with Gasteiger partial charge in [0.05, 0.1) is 0 Å². The Hall–Kier alpha value is -2.62. The largest absolute Gasteiger partial charge is 0.322 e. The van der Waals surface area contributed by atoms with Crippen LogP contribution < -0.4 is 10.6 Å². The van der Waals surface area contributed by atoms with Crippen molar-refractivity contribution in [2.24, 2.45) is 0 Å². The van der Waals surface area contributed by atoms with E-state index in [0.717, 1.165) is 16.7 Å². The van der Waals surface area contributed by atoms with Crippen molar-refractivity contribution in [2.75, 3.05) is 0 Å². The average Bonchev–Trinajstić information content (AvgIpc) is 2.79. The molecule has 1 unspecified atom stereocenters. The molecule has 1 aliphatic rings. The van der Waals surface area contributed by atoms with Crippen LogP contribution in [0, 0.1) is 0 Å². The Balaban J connectivity index is 2.08. The van der Waals surface area contributed by atoms with Gasteiger partial charge in [0.25, 0.3) is 5.91 Å². The lowest BCUT2D eigenvalue weighted by atomic mass is 9.95. The zero-order valence-corrected chi connectivity index (χ0v) is 10.1. The van der Waals surface area contributed by atoms with Gasteiger partial charge in [-0.25, -0.2) is 4.79 Å². The van der Waals surface area contributed by atoms with Crippen LogP contribution in [0.25, 0.3) is 11.1 Å². The number of carbonyl (C=O) groups excluding carboxylic acids is 2. The molecule has 94 valence electrons. The van der Waals surface area contributed by atoms with Crippen LogP contribution in [-0.4, -0.2) is 11.9 Å². The second kappa shape index (κ2) is 4.57. The molecule has 0 aliphatic carbocycles. The Bertz CT molecular complexity index is 638. The first kappa shape index (κ1) is 11.5. The molecule has 1 fully saturated rings. The third-order valence-electron chi connectivity index (χ3n) is 3.13. The summed E-state index contributed by atoms with van der Waals surface area (Å²) < 4.78 is 0. The third-order valence-corrected chi connectivity index (χ3v) is 3.13. The van der Waals surface area contributed by atoms with Crippen LogP contribution in [0.15, 0.2) is 54.6 Å². The summed E-state index contributed by atoms with van der Waals surface area (Å²) in [5.41, 5.74) is 2.77. The van der Waals surface area contributed by atoms with Crippen molar-refractivity contribution in [3.8, 4) is 11.1 Å². The van der Waals surface area contributed by atoms with Crippen molar-refractivity contribution in [1.29, 1.82) is 0 Å². The number of hydrogen-bond acceptors (Lipinski definition) is 2. The van der Waals surface area contributed by atoms with E-state index in [-0.39, 0.29) is 5.91 Å². The average molecular weight is 252 g/mol. The van der Waals surface area contributed by atoms with E-state index >= 15 is 0 Å². The summed E-state index contributed by atoms with van der Waals surface area (Å²) in [7, 11) is 0. The predicted octanol–water partition coefficient (Wildman–Crippen LogP) is 2.23. The van der Waals surface area contributed by atoms with E-state index in [1.165, 1.54) is 0 Å². The van der Waals surface area contributed by atoms with Gasteiger partial charge in [0.15, 0.2) is 0 Å². The summed E-state index contributed by atoms with van der Waals surface area (Å²) in [4.78, 5) is 23.0. The van der Waals surface area contributed by atoms with Gasteiger partial charge < -0.3 is 5.32 Å². The molecular formula is C15H12N2O2. The Morgan fingerprint density at radius 1 is 0.842 bits per heavy atom. The minimum Gasteiger partial charge on any atom is -0.322 e. The summed E-state index contributed by atoms with van der Waals surface area (Å²) >= 11 is 0. The lowest BCUT2D eigenvalue weighted by Crippen LogP contribution is -2.22. The number of benzene rings is 2. The van der Waals surface area contributed by atoms with E-state index in [4.69, 9.17) is 0 Å². The van der Waals surface area contributed by atoms with Crippen LogP contribution in [0.3, 0.4) is 0 Å². The highest BCUT2D eigenvalue weighted by Crippen LogP contribution is 2.29. The van der Waals surface area contributed by atoms with Gasteiger partial charge in [-0.15, -0.1) is 0 Å². The Kier molecular flexibility index (Phi) is 2.76. The number of rotatable bonds is 2. The highest BCUT2D eigenvalue weighted by molar-refractivity contribution is 6.05. The van der Waals surface area contributed by atoms with Crippen LogP contribution in [0.1, 0.15) is 11.6 Å². The van der Waals surface area contributed by atoms with Crippen LogP contribution in [0.2, 0.25) is 0 Å². The van der Waals surface area contributed by atoms with Gasteiger partial charge in [0, 0.05) is 0 Å². The van der Waals surface area contributed by atoms with Crippen molar-refractivity contribution in [1.82, 2.24) is 10.6 Å². The summed E-state index contributed by atoms with van der Waals surface area (Å²) in [6.07, 6.45) is 0. The van der Waals surface area contributed by atoms with Gasteiger partial charge in [-0.05, 0) is 16.7 Å². The molecule has 3 rings (SSSR count). The number of hydrogen-bond donors (Lipinski definition) is 2. The fourth-order valence-corrected chi connectivity index (χ4v) is 2.27. The van der Waals surface area contributed by atoms with E-state index < -0.39 is 12.1 Å². The summed E-state index contributed by atoms with van der Waals surface area (Å²) in [5.74, 6) is -0.312. The zero-order valence-electron chi connectivity index (χ0n) is 10.1. The first-order chi connectivity index (χ1) is 9.25. The fourth-order valence-electron chi connectivity index (χ4n) is 2.27. The smallest absolute Gasteiger partial charge is 0.322 e. The van der Waals surface area contributed by atoms with E-state index in [2.05, 4.69) is 10.6 Å². The van der Waals surface area contributed by atoms with Crippen molar-refractivity contribution >= 4 is 11.9 Å². The van der Waals surface area contributed by atoms with Gasteiger partial charge in [-0.3, -0.25) is 10.1 Å². The molecular weight excluding hydrogens is 240 g/mol. The molecule has 1 saturated heterocycles. The zero-order chi connectivity index (χ0) is 13.2. The number of carbonyl (C=O) groups is 2.